The van der Waals surface area contributed by atoms with Crippen LogP contribution in [-0.2, 0) is 11.3 Å². The summed E-state index contributed by atoms with van der Waals surface area (Å²) in [7, 11) is 1.66. The second-order valence-electron chi connectivity index (χ2n) is 4.38. The number of carbonyl (C=O) groups is 2. The molecule has 0 bridgehead atoms. The van der Waals surface area contributed by atoms with E-state index >= 15 is 0 Å². The normalized spacial score (nSPS) is 10.7. The van der Waals surface area contributed by atoms with E-state index in [1.807, 2.05) is 0 Å². The van der Waals surface area contributed by atoms with Crippen LogP contribution < -0.4 is 0 Å². The van der Waals surface area contributed by atoms with Crippen LogP contribution in [0.4, 0.5) is 0 Å². The molecule has 108 valence electrons. The van der Waals surface area contributed by atoms with E-state index in [2.05, 4.69) is 15.0 Å². The highest BCUT2D eigenvalue weighted by Gasteiger charge is 2.13. The van der Waals surface area contributed by atoms with Gasteiger partial charge in [-0.1, -0.05) is 0 Å². The van der Waals surface area contributed by atoms with Crippen molar-refractivity contribution in [3.05, 3.63) is 53.9 Å². The number of carboxylic acids is 1. The van der Waals surface area contributed by atoms with Crippen LogP contribution in [0.3, 0.4) is 0 Å². The standard InChI is InChI=1S/C14H14N4O3/c1-18(9-12-16-4-5-17-12)14(21)11-6-10(7-15-8-11)2-3-13(19)20/h2-8H,9H2,1H3,(H,16,17)(H,19,20). The third kappa shape index (κ3) is 4.00. The first kappa shape index (κ1) is 14.4. The zero-order chi connectivity index (χ0) is 15.2. The molecule has 0 radical (unpaired) electrons. The lowest BCUT2D eigenvalue weighted by molar-refractivity contribution is -0.131. The largest absolute Gasteiger partial charge is 0.478 e. The van der Waals surface area contributed by atoms with Crippen LogP contribution in [0.5, 0.6) is 0 Å². The number of hydrogen-bond donors (Lipinski definition) is 2. The van der Waals surface area contributed by atoms with Gasteiger partial charge in [0.25, 0.3) is 5.91 Å². The first-order chi connectivity index (χ1) is 10.1. The lowest BCUT2D eigenvalue weighted by Gasteiger charge is -2.15. The number of imidazole rings is 1. The number of aromatic amines is 1. The molecule has 0 aliphatic rings. The van der Waals surface area contributed by atoms with Crippen molar-refractivity contribution in [2.24, 2.45) is 0 Å². The third-order valence-electron chi connectivity index (χ3n) is 2.71. The Labute approximate surface area is 121 Å². The number of nitrogens with zero attached hydrogens (tertiary/aromatic N) is 3. The van der Waals surface area contributed by atoms with E-state index < -0.39 is 5.97 Å². The van der Waals surface area contributed by atoms with Gasteiger partial charge in [0, 0.05) is 37.9 Å². The fourth-order valence-electron chi connectivity index (χ4n) is 1.73. The molecule has 0 unspecified atom stereocenters. The van der Waals surface area contributed by atoms with Gasteiger partial charge in [0.05, 0.1) is 12.1 Å². The van der Waals surface area contributed by atoms with E-state index in [9.17, 15) is 9.59 Å². The van der Waals surface area contributed by atoms with Gasteiger partial charge < -0.3 is 15.0 Å². The first-order valence-electron chi connectivity index (χ1n) is 6.16. The van der Waals surface area contributed by atoms with Gasteiger partial charge in [0.2, 0.25) is 0 Å². The van der Waals surface area contributed by atoms with Crippen LogP contribution in [-0.4, -0.2) is 43.9 Å². The van der Waals surface area contributed by atoms with Crippen molar-refractivity contribution in [3.63, 3.8) is 0 Å². The summed E-state index contributed by atoms with van der Waals surface area (Å²) in [6.45, 7) is 0.348. The minimum Gasteiger partial charge on any atom is -0.478 e. The zero-order valence-corrected chi connectivity index (χ0v) is 11.4. The van der Waals surface area contributed by atoms with Crippen LogP contribution in [0.1, 0.15) is 21.7 Å². The molecule has 0 aliphatic carbocycles. The number of aliphatic carboxylic acids is 1. The lowest BCUT2D eigenvalue weighted by Crippen LogP contribution is -2.26. The number of hydrogen-bond acceptors (Lipinski definition) is 4. The van der Waals surface area contributed by atoms with Crippen molar-refractivity contribution in [2.75, 3.05) is 7.05 Å². The molecule has 0 saturated heterocycles. The highest BCUT2D eigenvalue weighted by Crippen LogP contribution is 2.09. The van der Waals surface area contributed by atoms with Gasteiger partial charge in [-0.3, -0.25) is 9.78 Å². The van der Waals surface area contributed by atoms with Gasteiger partial charge in [-0.2, -0.15) is 0 Å². The molecule has 7 heteroatoms. The quantitative estimate of drug-likeness (QED) is 0.804. The molecule has 2 heterocycles. The molecule has 0 aromatic carbocycles. The summed E-state index contributed by atoms with van der Waals surface area (Å²) in [5.41, 5.74) is 0.936. The van der Waals surface area contributed by atoms with Crippen LogP contribution in [0, 0.1) is 0 Å². The van der Waals surface area contributed by atoms with Crippen molar-refractivity contribution < 1.29 is 14.7 Å². The van der Waals surface area contributed by atoms with Crippen molar-refractivity contribution in [1.29, 1.82) is 0 Å². The topological polar surface area (TPSA) is 99.2 Å². The Morgan fingerprint density at radius 3 is 2.90 bits per heavy atom. The van der Waals surface area contributed by atoms with Gasteiger partial charge in [-0.15, -0.1) is 0 Å². The second-order valence-corrected chi connectivity index (χ2v) is 4.38. The first-order valence-corrected chi connectivity index (χ1v) is 6.16. The van der Waals surface area contributed by atoms with Crippen LogP contribution in [0.2, 0.25) is 0 Å². The van der Waals surface area contributed by atoms with Gasteiger partial charge in [0.1, 0.15) is 5.82 Å². The molecule has 0 aliphatic heterocycles. The van der Waals surface area contributed by atoms with Crippen LogP contribution in [0.25, 0.3) is 6.08 Å². The molecule has 2 rings (SSSR count). The molecule has 2 aromatic heterocycles. The fourth-order valence-corrected chi connectivity index (χ4v) is 1.73. The predicted molar refractivity (Wildman–Crippen MR) is 75.3 cm³/mol. The summed E-state index contributed by atoms with van der Waals surface area (Å²) in [6, 6.07) is 1.59. The molecule has 7 nitrogen and oxygen atoms in total. The SMILES string of the molecule is CN(Cc1ncc[nH]1)C(=O)c1cncc(C=CC(=O)O)c1. The predicted octanol–water partition coefficient (Wildman–Crippen LogP) is 1.17. The Bertz CT molecular complexity index is 665. The van der Waals surface area contributed by atoms with Gasteiger partial charge in [-0.25, -0.2) is 9.78 Å². The molecular formula is C14H14N4O3. The minimum absolute atomic E-state index is 0.218. The van der Waals surface area contributed by atoms with Crippen LogP contribution in [0.15, 0.2) is 36.9 Å². The van der Waals surface area contributed by atoms with Crippen molar-refractivity contribution >= 4 is 18.0 Å². The number of nitrogens with one attached hydrogen (secondary N) is 1. The Hall–Kier alpha value is -2.96. The van der Waals surface area contributed by atoms with Gasteiger partial charge in [-0.05, 0) is 17.7 Å². The average Bonchev–Trinajstić information content (AvgIpc) is 2.97. The molecule has 0 atom stereocenters. The van der Waals surface area contributed by atoms with Crippen molar-refractivity contribution in [1.82, 2.24) is 19.9 Å². The maximum absolute atomic E-state index is 12.3. The smallest absolute Gasteiger partial charge is 0.328 e. The molecule has 0 saturated carbocycles. The summed E-state index contributed by atoms with van der Waals surface area (Å²) < 4.78 is 0. The van der Waals surface area contributed by atoms with E-state index in [4.69, 9.17) is 5.11 Å². The molecule has 2 N–H and O–H groups in total. The average molecular weight is 286 g/mol. The number of H-pyrrole nitrogens is 1. The maximum Gasteiger partial charge on any atom is 0.328 e. The minimum atomic E-state index is -1.05. The number of carboxylic acid groups (broad SMARTS) is 1. The number of rotatable bonds is 5. The maximum atomic E-state index is 12.3. The Morgan fingerprint density at radius 1 is 1.43 bits per heavy atom. The molecular weight excluding hydrogens is 272 g/mol. The lowest BCUT2D eigenvalue weighted by atomic mass is 10.1. The van der Waals surface area contributed by atoms with Crippen molar-refractivity contribution in [2.45, 2.75) is 6.54 Å². The van der Waals surface area contributed by atoms with E-state index in [0.717, 1.165) is 6.08 Å². The number of aromatic nitrogens is 3. The Balaban J connectivity index is 2.11. The second kappa shape index (κ2) is 6.47. The number of pyridine rings is 1. The molecule has 21 heavy (non-hydrogen) atoms. The fraction of sp³-hybridized carbons (Fsp3) is 0.143. The van der Waals surface area contributed by atoms with E-state index in [1.54, 1.807) is 25.5 Å². The Kier molecular flexibility index (Phi) is 4.45. The monoisotopic (exact) mass is 286 g/mol. The summed E-state index contributed by atoms with van der Waals surface area (Å²) in [6.07, 6.45) is 8.62. The highest BCUT2D eigenvalue weighted by molar-refractivity contribution is 5.94. The van der Waals surface area contributed by atoms with Crippen molar-refractivity contribution in [3.8, 4) is 0 Å². The van der Waals surface area contributed by atoms with E-state index in [0.29, 0.717) is 23.5 Å². The van der Waals surface area contributed by atoms with Crippen LogP contribution >= 0.6 is 0 Å². The van der Waals surface area contributed by atoms with Gasteiger partial charge >= 0.3 is 5.97 Å². The molecule has 2 aromatic rings. The van der Waals surface area contributed by atoms with E-state index in [1.165, 1.54) is 23.4 Å². The molecule has 1 amide bonds. The molecule has 0 fully saturated rings. The van der Waals surface area contributed by atoms with Gasteiger partial charge in [0.15, 0.2) is 0 Å². The van der Waals surface area contributed by atoms with E-state index in [-0.39, 0.29) is 5.91 Å². The summed E-state index contributed by atoms with van der Waals surface area (Å²) in [5, 5.41) is 8.59. The molecule has 0 spiro atoms. The summed E-state index contributed by atoms with van der Waals surface area (Å²) in [5.74, 6) is -0.591. The number of carbonyl (C=O) groups excluding carboxylic acids is 1. The third-order valence-corrected chi connectivity index (χ3v) is 2.71. The zero-order valence-electron chi connectivity index (χ0n) is 11.4. The Morgan fingerprint density at radius 2 is 2.24 bits per heavy atom. The highest BCUT2D eigenvalue weighted by atomic mass is 16.4. The summed E-state index contributed by atoms with van der Waals surface area (Å²) >= 11 is 0. The summed E-state index contributed by atoms with van der Waals surface area (Å²) in [4.78, 5) is 35.2. The number of amides is 1.